The third-order valence-corrected chi connectivity index (χ3v) is 3.44. The number of ether oxygens (including phenoxy) is 2. The Kier molecular flexibility index (Phi) is 4.21. The van der Waals surface area contributed by atoms with E-state index in [4.69, 9.17) is 9.47 Å². The monoisotopic (exact) mass is 254 g/mol. The summed E-state index contributed by atoms with van der Waals surface area (Å²) in [5.41, 5.74) is 1.03. The predicted octanol–water partition coefficient (Wildman–Crippen LogP) is 0.0198. The first-order valence-electron chi connectivity index (χ1n) is 6.20. The molecule has 1 aliphatic rings. The number of hydrogen-bond donors (Lipinski definition) is 1. The largest absolute Gasteiger partial charge is 0.493 e. The fourth-order valence-corrected chi connectivity index (χ4v) is 2.45. The van der Waals surface area contributed by atoms with Crippen molar-refractivity contribution in [1.82, 2.24) is 20.0 Å². The smallest absolute Gasteiger partial charge is 0.161 e. The van der Waals surface area contributed by atoms with Gasteiger partial charge in [0, 0.05) is 20.1 Å². The minimum Gasteiger partial charge on any atom is -0.493 e. The Bertz CT molecular complexity index is 393. The molecular formula is C12H22N4O2. The molecule has 2 rings (SSSR count). The fourth-order valence-electron chi connectivity index (χ4n) is 2.45. The normalized spacial score (nSPS) is 23.0. The van der Waals surface area contributed by atoms with Crippen LogP contribution >= 0.6 is 0 Å². The van der Waals surface area contributed by atoms with E-state index >= 15 is 0 Å². The van der Waals surface area contributed by atoms with Gasteiger partial charge < -0.3 is 19.7 Å². The minimum atomic E-state index is 0.0789. The number of hydrogen-bond acceptors (Lipinski definition) is 5. The van der Waals surface area contributed by atoms with Crippen LogP contribution in [0.2, 0.25) is 0 Å². The Morgan fingerprint density at radius 1 is 1.56 bits per heavy atom. The van der Waals surface area contributed by atoms with Gasteiger partial charge in [-0.25, -0.2) is 0 Å². The molecule has 1 N–H and O–H groups in total. The molecular weight excluding hydrogens is 232 g/mol. The maximum atomic E-state index is 5.88. The SMILES string of the molecule is CNC(c1c(OC)cnn1C)C1CN(C)CCO1. The summed E-state index contributed by atoms with van der Waals surface area (Å²) in [6.07, 6.45) is 1.85. The summed E-state index contributed by atoms with van der Waals surface area (Å²) in [4.78, 5) is 2.28. The van der Waals surface area contributed by atoms with E-state index in [9.17, 15) is 0 Å². The second kappa shape index (κ2) is 5.69. The molecule has 1 fully saturated rings. The van der Waals surface area contributed by atoms with Crippen LogP contribution in [0.5, 0.6) is 5.75 Å². The zero-order valence-electron chi connectivity index (χ0n) is 11.5. The van der Waals surface area contributed by atoms with E-state index in [1.165, 1.54) is 0 Å². The fraction of sp³-hybridized carbons (Fsp3) is 0.750. The summed E-state index contributed by atoms with van der Waals surface area (Å²) in [6, 6.07) is 0.0789. The summed E-state index contributed by atoms with van der Waals surface area (Å²) >= 11 is 0. The molecule has 2 heterocycles. The van der Waals surface area contributed by atoms with Crippen molar-refractivity contribution in [3.05, 3.63) is 11.9 Å². The molecule has 0 spiro atoms. The van der Waals surface area contributed by atoms with Crippen molar-refractivity contribution in [3.63, 3.8) is 0 Å². The van der Waals surface area contributed by atoms with Gasteiger partial charge in [0.1, 0.15) is 0 Å². The molecule has 18 heavy (non-hydrogen) atoms. The Hall–Kier alpha value is -1.11. The zero-order chi connectivity index (χ0) is 13.1. The quantitative estimate of drug-likeness (QED) is 0.821. The highest BCUT2D eigenvalue weighted by Crippen LogP contribution is 2.28. The molecule has 2 atom stereocenters. The molecule has 1 aliphatic heterocycles. The summed E-state index contributed by atoms with van der Waals surface area (Å²) in [6.45, 7) is 2.65. The lowest BCUT2D eigenvalue weighted by atomic mass is 10.1. The minimum absolute atomic E-state index is 0.0789. The topological polar surface area (TPSA) is 51.5 Å². The van der Waals surface area contributed by atoms with Gasteiger partial charge in [-0.2, -0.15) is 5.10 Å². The van der Waals surface area contributed by atoms with Crippen LogP contribution in [0.25, 0.3) is 0 Å². The Labute approximate surface area is 108 Å². The first-order chi connectivity index (χ1) is 8.67. The van der Waals surface area contributed by atoms with Crippen molar-refractivity contribution in [1.29, 1.82) is 0 Å². The molecule has 0 bridgehead atoms. The third kappa shape index (κ3) is 2.50. The number of nitrogens with zero attached hydrogens (tertiary/aromatic N) is 3. The number of likely N-dealkylation sites (N-methyl/N-ethyl adjacent to an activating group) is 2. The Morgan fingerprint density at radius 2 is 2.33 bits per heavy atom. The van der Waals surface area contributed by atoms with Crippen LogP contribution in [0.4, 0.5) is 0 Å². The summed E-state index contributed by atoms with van der Waals surface area (Å²) in [7, 11) is 7.65. The standard InChI is InChI=1S/C12H22N4O2/c1-13-11(10-8-15(2)5-6-18-10)12-9(17-4)7-14-16(12)3/h7,10-11,13H,5-6,8H2,1-4H3. The van der Waals surface area contributed by atoms with Crippen molar-refractivity contribution in [2.45, 2.75) is 12.1 Å². The first-order valence-corrected chi connectivity index (χ1v) is 6.20. The molecule has 0 saturated carbocycles. The van der Waals surface area contributed by atoms with Crippen LogP contribution in [0.15, 0.2) is 6.20 Å². The Balaban J connectivity index is 2.24. The van der Waals surface area contributed by atoms with Crippen LogP contribution < -0.4 is 10.1 Å². The molecule has 6 heteroatoms. The summed E-state index contributed by atoms with van der Waals surface area (Å²) < 4.78 is 13.1. The molecule has 1 saturated heterocycles. The molecule has 6 nitrogen and oxygen atoms in total. The average molecular weight is 254 g/mol. The van der Waals surface area contributed by atoms with E-state index in [2.05, 4.69) is 22.4 Å². The van der Waals surface area contributed by atoms with Crippen molar-refractivity contribution in [3.8, 4) is 5.75 Å². The molecule has 1 aromatic heterocycles. The maximum Gasteiger partial charge on any atom is 0.161 e. The van der Waals surface area contributed by atoms with Crippen molar-refractivity contribution >= 4 is 0 Å². The predicted molar refractivity (Wildman–Crippen MR) is 68.8 cm³/mol. The van der Waals surface area contributed by atoms with Gasteiger partial charge in [0.05, 0.1) is 37.8 Å². The number of morpholine rings is 1. The highest BCUT2D eigenvalue weighted by atomic mass is 16.5. The number of aromatic nitrogens is 2. The molecule has 0 amide bonds. The second-order valence-electron chi connectivity index (χ2n) is 4.66. The Morgan fingerprint density at radius 3 is 2.94 bits per heavy atom. The van der Waals surface area contributed by atoms with Gasteiger partial charge in [0.25, 0.3) is 0 Å². The molecule has 0 aromatic carbocycles. The first kappa shape index (κ1) is 13.3. The molecule has 0 aliphatic carbocycles. The third-order valence-electron chi connectivity index (χ3n) is 3.44. The lowest BCUT2D eigenvalue weighted by Crippen LogP contribution is -2.46. The van der Waals surface area contributed by atoms with Crippen LogP contribution in [0, 0.1) is 0 Å². The maximum absolute atomic E-state index is 5.88. The van der Waals surface area contributed by atoms with Gasteiger partial charge in [-0.1, -0.05) is 0 Å². The lowest BCUT2D eigenvalue weighted by Gasteiger charge is -2.35. The highest BCUT2D eigenvalue weighted by Gasteiger charge is 2.31. The van der Waals surface area contributed by atoms with Gasteiger partial charge in [0.15, 0.2) is 5.75 Å². The van der Waals surface area contributed by atoms with E-state index in [1.54, 1.807) is 13.3 Å². The van der Waals surface area contributed by atoms with Crippen LogP contribution in [0.1, 0.15) is 11.7 Å². The number of rotatable bonds is 4. The highest BCUT2D eigenvalue weighted by molar-refractivity contribution is 5.29. The zero-order valence-corrected chi connectivity index (χ0v) is 11.5. The molecule has 0 radical (unpaired) electrons. The van der Waals surface area contributed by atoms with Crippen molar-refractivity contribution in [2.24, 2.45) is 7.05 Å². The van der Waals surface area contributed by atoms with E-state index in [0.717, 1.165) is 31.1 Å². The lowest BCUT2D eigenvalue weighted by molar-refractivity contribution is -0.0396. The summed E-state index contributed by atoms with van der Waals surface area (Å²) in [5.74, 6) is 0.800. The number of methoxy groups -OCH3 is 1. The van der Waals surface area contributed by atoms with Crippen LogP contribution in [-0.4, -0.2) is 61.7 Å². The molecule has 1 aromatic rings. The van der Waals surface area contributed by atoms with E-state index in [-0.39, 0.29) is 12.1 Å². The van der Waals surface area contributed by atoms with E-state index < -0.39 is 0 Å². The van der Waals surface area contributed by atoms with Crippen LogP contribution in [-0.2, 0) is 11.8 Å². The van der Waals surface area contributed by atoms with Gasteiger partial charge in [0.2, 0.25) is 0 Å². The second-order valence-corrected chi connectivity index (χ2v) is 4.66. The van der Waals surface area contributed by atoms with Crippen molar-refractivity contribution in [2.75, 3.05) is 40.9 Å². The van der Waals surface area contributed by atoms with Crippen LogP contribution in [0.3, 0.4) is 0 Å². The summed E-state index contributed by atoms with van der Waals surface area (Å²) in [5, 5.41) is 7.57. The average Bonchev–Trinajstić information content (AvgIpc) is 2.72. The molecule has 2 unspecified atom stereocenters. The van der Waals surface area contributed by atoms with Crippen molar-refractivity contribution < 1.29 is 9.47 Å². The number of aryl methyl sites for hydroxylation is 1. The number of nitrogens with one attached hydrogen (secondary N) is 1. The molecule has 102 valence electrons. The van der Waals surface area contributed by atoms with Gasteiger partial charge >= 0.3 is 0 Å². The van der Waals surface area contributed by atoms with E-state index in [0.29, 0.717) is 0 Å². The van der Waals surface area contributed by atoms with Gasteiger partial charge in [-0.05, 0) is 14.1 Å². The van der Waals surface area contributed by atoms with Gasteiger partial charge in [-0.15, -0.1) is 0 Å². The van der Waals surface area contributed by atoms with E-state index in [1.807, 2.05) is 18.8 Å². The van der Waals surface area contributed by atoms with Gasteiger partial charge in [-0.3, -0.25) is 4.68 Å².